The van der Waals surface area contributed by atoms with Gasteiger partial charge in [-0.3, -0.25) is 0 Å². The summed E-state index contributed by atoms with van der Waals surface area (Å²) < 4.78 is 0. The van der Waals surface area contributed by atoms with Gasteiger partial charge in [-0.2, -0.15) is 0 Å². The predicted molar refractivity (Wildman–Crippen MR) is 75.3 cm³/mol. The Balaban J connectivity index is 2.22. The zero-order chi connectivity index (χ0) is 13.1. The molecule has 0 aromatic carbocycles. The Morgan fingerprint density at radius 3 is 2.78 bits per heavy atom. The molecule has 5 nitrogen and oxygen atoms in total. The van der Waals surface area contributed by atoms with Crippen LogP contribution >= 0.6 is 0 Å². The van der Waals surface area contributed by atoms with E-state index in [1.807, 2.05) is 13.1 Å². The van der Waals surface area contributed by atoms with Gasteiger partial charge in [0.25, 0.3) is 0 Å². The van der Waals surface area contributed by atoms with Gasteiger partial charge in [-0.1, -0.05) is 6.92 Å². The van der Waals surface area contributed by atoms with Gasteiger partial charge < -0.3 is 15.1 Å². The van der Waals surface area contributed by atoms with E-state index in [-0.39, 0.29) is 0 Å². The fourth-order valence-electron chi connectivity index (χ4n) is 2.19. The molecule has 1 aromatic heterocycles. The number of likely N-dealkylation sites (N-methyl/N-ethyl adjacent to an activating group) is 1. The van der Waals surface area contributed by atoms with Gasteiger partial charge >= 0.3 is 0 Å². The molecule has 100 valence electrons. The van der Waals surface area contributed by atoms with Crippen LogP contribution in [0.4, 0.5) is 11.6 Å². The zero-order valence-electron chi connectivity index (χ0n) is 11.8. The molecule has 18 heavy (non-hydrogen) atoms. The van der Waals surface area contributed by atoms with Gasteiger partial charge in [0.05, 0.1) is 0 Å². The van der Waals surface area contributed by atoms with Gasteiger partial charge in [0.15, 0.2) is 0 Å². The lowest BCUT2D eigenvalue weighted by molar-refractivity contribution is 0.233. The summed E-state index contributed by atoms with van der Waals surface area (Å²) in [6.07, 6.45) is 0.867. The van der Waals surface area contributed by atoms with Crippen LogP contribution in [-0.2, 0) is 6.42 Å². The fourth-order valence-corrected chi connectivity index (χ4v) is 2.19. The van der Waals surface area contributed by atoms with Gasteiger partial charge in [0, 0.05) is 45.2 Å². The van der Waals surface area contributed by atoms with E-state index in [2.05, 4.69) is 46.0 Å². The van der Waals surface area contributed by atoms with Crippen molar-refractivity contribution in [1.82, 2.24) is 14.9 Å². The number of piperazine rings is 1. The van der Waals surface area contributed by atoms with Crippen molar-refractivity contribution in [3.8, 4) is 0 Å². The Kier molecular flexibility index (Phi) is 4.01. The molecule has 1 saturated heterocycles. The molecule has 0 spiro atoms. The molecule has 1 atom stereocenters. The molecule has 0 aliphatic carbocycles. The molecule has 1 aliphatic rings. The van der Waals surface area contributed by atoms with Crippen molar-refractivity contribution in [2.45, 2.75) is 26.3 Å². The van der Waals surface area contributed by atoms with Crippen LogP contribution in [0.3, 0.4) is 0 Å². The van der Waals surface area contributed by atoms with Crippen molar-refractivity contribution < 1.29 is 0 Å². The van der Waals surface area contributed by atoms with E-state index in [0.29, 0.717) is 6.04 Å². The van der Waals surface area contributed by atoms with Crippen LogP contribution < -0.4 is 10.2 Å². The number of hydrogen-bond acceptors (Lipinski definition) is 5. The van der Waals surface area contributed by atoms with Crippen molar-refractivity contribution in [1.29, 1.82) is 0 Å². The van der Waals surface area contributed by atoms with Crippen LogP contribution in [0.1, 0.15) is 19.7 Å². The molecule has 0 bridgehead atoms. The molecule has 2 rings (SSSR count). The molecule has 1 N–H and O–H groups in total. The van der Waals surface area contributed by atoms with Crippen LogP contribution in [0.15, 0.2) is 6.07 Å². The number of aromatic nitrogens is 2. The second-order valence-electron chi connectivity index (χ2n) is 4.91. The first-order chi connectivity index (χ1) is 8.63. The number of nitrogens with one attached hydrogen (secondary N) is 1. The number of nitrogens with zero attached hydrogens (tertiary/aromatic N) is 4. The maximum absolute atomic E-state index is 4.64. The highest BCUT2D eigenvalue weighted by Gasteiger charge is 2.22. The summed E-state index contributed by atoms with van der Waals surface area (Å²) >= 11 is 0. The molecular formula is C13H23N5. The minimum absolute atomic E-state index is 0.567. The third kappa shape index (κ3) is 2.72. The first kappa shape index (κ1) is 13.1. The highest BCUT2D eigenvalue weighted by molar-refractivity contribution is 5.49. The van der Waals surface area contributed by atoms with E-state index in [9.17, 15) is 0 Å². The first-order valence-electron chi connectivity index (χ1n) is 6.65. The normalized spacial score (nSPS) is 21.1. The average Bonchev–Trinajstić information content (AvgIpc) is 2.41. The minimum Gasteiger partial charge on any atom is -0.373 e. The van der Waals surface area contributed by atoms with Crippen LogP contribution in [0, 0.1) is 0 Å². The molecule has 0 radical (unpaired) electrons. The first-order valence-corrected chi connectivity index (χ1v) is 6.65. The van der Waals surface area contributed by atoms with Crippen molar-refractivity contribution in [3.63, 3.8) is 0 Å². The van der Waals surface area contributed by atoms with Gasteiger partial charge in [0.2, 0.25) is 0 Å². The van der Waals surface area contributed by atoms with Crippen LogP contribution in [0.5, 0.6) is 0 Å². The van der Waals surface area contributed by atoms with Crippen molar-refractivity contribution >= 4 is 11.6 Å². The zero-order valence-corrected chi connectivity index (χ0v) is 11.8. The summed E-state index contributed by atoms with van der Waals surface area (Å²) in [4.78, 5) is 13.8. The maximum Gasteiger partial charge on any atom is 0.134 e. The Morgan fingerprint density at radius 2 is 2.17 bits per heavy atom. The Morgan fingerprint density at radius 1 is 1.39 bits per heavy atom. The molecule has 0 saturated carbocycles. The molecule has 1 fully saturated rings. The van der Waals surface area contributed by atoms with Gasteiger partial charge in [-0.05, 0) is 14.0 Å². The summed E-state index contributed by atoms with van der Waals surface area (Å²) in [5.41, 5.74) is 0. The molecule has 1 aliphatic heterocycles. The van der Waals surface area contributed by atoms with E-state index in [1.54, 1.807) is 0 Å². The second-order valence-corrected chi connectivity index (χ2v) is 4.91. The molecule has 2 heterocycles. The Labute approximate surface area is 109 Å². The quantitative estimate of drug-likeness (QED) is 0.872. The molecule has 0 amide bonds. The molecular weight excluding hydrogens is 226 g/mol. The largest absolute Gasteiger partial charge is 0.373 e. The van der Waals surface area contributed by atoms with Crippen molar-refractivity contribution in [2.24, 2.45) is 0 Å². The van der Waals surface area contributed by atoms with Crippen LogP contribution in [0.25, 0.3) is 0 Å². The number of hydrogen-bond donors (Lipinski definition) is 1. The maximum atomic E-state index is 4.64. The van der Waals surface area contributed by atoms with Crippen LogP contribution in [0.2, 0.25) is 0 Å². The van der Waals surface area contributed by atoms with E-state index in [1.165, 1.54) is 0 Å². The third-order valence-electron chi connectivity index (χ3n) is 3.61. The van der Waals surface area contributed by atoms with E-state index in [0.717, 1.165) is 43.5 Å². The van der Waals surface area contributed by atoms with E-state index < -0.39 is 0 Å². The molecule has 1 aromatic rings. The van der Waals surface area contributed by atoms with E-state index >= 15 is 0 Å². The average molecular weight is 249 g/mol. The lowest BCUT2D eigenvalue weighted by Crippen LogP contribution is -2.50. The predicted octanol–water partition coefficient (Wildman–Crippen LogP) is 1.22. The van der Waals surface area contributed by atoms with Crippen molar-refractivity contribution in [2.75, 3.05) is 43.9 Å². The molecule has 5 heteroatoms. The SMILES string of the molecule is CCc1nc(NC)cc(N2CCN(C)C(C)C2)n1. The number of rotatable bonds is 3. The van der Waals surface area contributed by atoms with Crippen LogP contribution in [-0.4, -0.2) is 54.6 Å². The number of anilines is 2. The van der Waals surface area contributed by atoms with Gasteiger partial charge in [-0.25, -0.2) is 9.97 Å². The highest BCUT2D eigenvalue weighted by Crippen LogP contribution is 2.19. The standard InChI is InChI=1S/C13H23N5/c1-5-11-15-12(14-3)8-13(16-11)18-7-6-17(4)10(2)9-18/h8,10H,5-7,9H2,1-4H3,(H,14,15,16). The highest BCUT2D eigenvalue weighted by atomic mass is 15.3. The smallest absolute Gasteiger partial charge is 0.134 e. The van der Waals surface area contributed by atoms with E-state index in [4.69, 9.17) is 0 Å². The Bertz CT molecular complexity index is 384. The Hall–Kier alpha value is -1.36. The lowest BCUT2D eigenvalue weighted by atomic mass is 10.2. The lowest BCUT2D eigenvalue weighted by Gasteiger charge is -2.38. The topological polar surface area (TPSA) is 44.3 Å². The summed E-state index contributed by atoms with van der Waals surface area (Å²) in [6, 6.07) is 2.61. The third-order valence-corrected chi connectivity index (χ3v) is 3.61. The fraction of sp³-hybridized carbons (Fsp3) is 0.692. The number of aryl methyl sites for hydroxylation is 1. The van der Waals surface area contributed by atoms with Crippen molar-refractivity contribution in [3.05, 3.63) is 11.9 Å². The summed E-state index contributed by atoms with van der Waals surface area (Å²) in [5, 5.41) is 3.11. The summed E-state index contributed by atoms with van der Waals surface area (Å²) in [5.74, 6) is 2.86. The summed E-state index contributed by atoms with van der Waals surface area (Å²) in [7, 11) is 4.08. The monoisotopic (exact) mass is 249 g/mol. The minimum atomic E-state index is 0.567. The second kappa shape index (κ2) is 5.52. The van der Waals surface area contributed by atoms with Gasteiger partial charge in [-0.15, -0.1) is 0 Å². The summed E-state index contributed by atoms with van der Waals surface area (Å²) in [6.45, 7) is 7.49. The molecule has 1 unspecified atom stereocenters. The van der Waals surface area contributed by atoms with Gasteiger partial charge in [0.1, 0.15) is 17.5 Å².